The second-order valence-electron chi connectivity index (χ2n) is 3.49. The number of carbonyl (C=O) groups is 1. The number of aromatic carboxylic acids is 1. The Bertz CT molecular complexity index is 505. The van der Waals surface area contributed by atoms with E-state index in [0.717, 1.165) is 5.56 Å². The number of pyridine rings is 1. The van der Waals surface area contributed by atoms with Crippen LogP contribution in [0.1, 0.15) is 21.6 Å². The van der Waals surface area contributed by atoms with Crippen LogP contribution >= 0.6 is 0 Å². The van der Waals surface area contributed by atoms with Crippen LogP contribution < -0.4 is 0 Å². The molecule has 0 spiro atoms. The number of carboxylic acid groups (broad SMARTS) is 1. The number of hydrogen-bond donors (Lipinski definition) is 1. The predicted molar refractivity (Wildman–Crippen MR) is 57.3 cm³/mol. The van der Waals surface area contributed by atoms with E-state index in [1.54, 1.807) is 24.0 Å². The zero-order valence-electron chi connectivity index (χ0n) is 8.79. The Hall–Kier alpha value is -2.17. The average molecular weight is 217 g/mol. The van der Waals surface area contributed by atoms with Crippen molar-refractivity contribution in [2.24, 2.45) is 0 Å². The number of aromatic nitrogens is 3. The summed E-state index contributed by atoms with van der Waals surface area (Å²) in [5.41, 5.74) is 1.81. The molecule has 0 unspecified atom stereocenters. The van der Waals surface area contributed by atoms with E-state index in [4.69, 9.17) is 5.11 Å². The molecule has 0 fully saturated rings. The molecule has 0 saturated carbocycles. The van der Waals surface area contributed by atoms with Crippen LogP contribution in [0.3, 0.4) is 0 Å². The summed E-state index contributed by atoms with van der Waals surface area (Å²) in [5, 5.41) is 13.0. The van der Waals surface area contributed by atoms with Crippen LogP contribution in [0.15, 0.2) is 30.7 Å². The predicted octanol–water partition coefficient (Wildman–Crippen LogP) is 1.33. The fraction of sp³-hybridized carbons (Fsp3) is 0.182. The lowest BCUT2D eigenvalue weighted by Gasteiger charge is -1.99. The highest BCUT2D eigenvalue weighted by Crippen LogP contribution is 2.07. The summed E-state index contributed by atoms with van der Waals surface area (Å²) in [6.45, 7) is 2.24. The Morgan fingerprint density at radius 1 is 1.44 bits per heavy atom. The monoisotopic (exact) mass is 217 g/mol. The van der Waals surface area contributed by atoms with Crippen molar-refractivity contribution >= 4 is 5.97 Å². The van der Waals surface area contributed by atoms with Crippen molar-refractivity contribution in [2.75, 3.05) is 0 Å². The third kappa shape index (κ3) is 2.08. The van der Waals surface area contributed by atoms with Crippen LogP contribution in [0.2, 0.25) is 0 Å². The van der Waals surface area contributed by atoms with Gasteiger partial charge in [-0.25, -0.2) is 4.79 Å². The molecule has 2 aromatic heterocycles. The highest BCUT2D eigenvalue weighted by atomic mass is 16.4. The molecule has 0 radical (unpaired) electrons. The first-order valence-electron chi connectivity index (χ1n) is 4.83. The van der Waals surface area contributed by atoms with Gasteiger partial charge in [0.1, 0.15) is 5.56 Å². The maximum Gasteiger partial charge on any atom is 0.339 e. The summed E-state index contributed by atoms with van der Waals surface area (Å²) >= 11 is 0. The smallest absolute Gasteiger partial charge is 0.339 e. The highest BCUT2D eigenvalue weighted by molar-refractivity contribution is 5.88. The molecule has 82 valence electrons. The van der Waals surface area contributed by atoms with Gasteiger partial charge in [0, 0.05) is 18.6 Å². The minimum Gasteiger partial charge on any atom is -0.478 e. The van der Waals surface area contributed by atoms with Crippen molar-refractivity contribution in [1.29, 1.82) is 0 Å². The number of nitrogens with zero attached hydrogens (tertiary/aromatic N) is 3. The van der Waals surface area contributed by atoms with E-state index in [9.17, 15) is 4.79 Å². The number of rotatable bonds is 3. The van der Waals surface area contributed by atoms with Crippen molar-refractivity contribution < 1.29 is 9.90 Å². The lowest BCUT2D eigenvalue weighted by molar-refractivity contribution is 0.0696. The fourth-order valence-electron chi connectivity index (χ4n) is 1.48. The maximum absolute atomic E-state index is 10.8. The van der Waals surface area contributed by atoms with Gasteiger partial charge in [0.15, 0.2) is 0 Å². The largest absolute Gasteiger partial charge is 0.478 e. The van der Waals surface area contributed by atoms with Crippen LogP contribution in [-0.4, -0.2) is 25.8 Å². The second kappa shape index (κ2) is 4.14. The Balaban J connectivity index is 2.23. The topological polar surface area (TPSA) is 68.0 Å². The molecule has 1 N–H and O–H groups in total. The molecular weight excluding hydrogens is 206 g/mol. The fourth-order valence-corrected chi connectivity index (χ4v) is 1.48. The normalized spacial score (nSPS) is 10.3. The number of aryl methyl sites for hydroxylation is 1. The molecule has 16 heavy (non-hydrogen) atoms. The summed E-state index contributed by atoms with van der Waals surface area (Å²) in [6.07, 6.45) is 4.94. The van der Waals surface area contributed by atoms with E-state index in [1.807, 2.05) is 12.1 Å². The Morgan fingerprint density at radius 3 is 2.69 bits per heavy atom. The molecule has 0 atom stereocenters. The van der Waals surface area contributed by atoms with Crippen molar-refractivity contribution in [3.63, 3.8) is 0 Å². The quantitative estimate of drug-likeness (QED) is 0.842. The standard InChI is InChI=1S/C11H11N3O2/c1-8-10(11(15)16)7-14(13-8)6-9-2-4-12-5-3-9/h2-5,7H,6H2,1H3,(H,15,16). The third-order valence-electron chi connectivity index (χ3n) is 2.27. The molecule has 0 amide bonds. The zero-order valence-corrected chi connectivity index (χ0v) is 8.79. The van der Waals surface area contributed by atoms with Gasteiger partial charge >= 0.3 is 5.97 Å². The molecule has 2 aromatic rings. The molecule has 0 aliphatic carbocycles. The lowest BCUT2D eigenvalue weighted by atomic mass is 10.2. The van der Waals surface area contributed by atoms with Gasteiger partial charge in [-0.15, -0.1) is 0 Å². The molecule has 0 saturated heterocycles. The van der Waals surface area contributed by atoms with E-state index < -0.39 is 5.97 Å². The number of hydrogen-bond acceptors (Lipinski definition) is 3. The zero-order chi connectivity index (χ0) is 11.5. The van der Waals surface area contributed by atoms with Crippen LogP contribution in [0.5, 0.6) is 0 Å². The minimum absolute atomic E-state index is 0.244. The molecule has 5 heteroatoms. The van der Waals surface area contributed by atoms with E-state index >= 15 is 0 Å². The first kappa shape index (κ1) is 10.4. The molecule has 0 bridgehead atoms. The first-order valence-corrected chi connectivity index (χ1v) is 4.83. The lowest BCUT2D eigenvalue weighted by Crippen LogP contribution is -2.00. The van der Waals surface area contributed by atoms with Crippen molar-refractivity contribution in [3.05, 3.63) is 47.5 Å². The highest BCUT2D eigenvalue weighted by Gasteiger charge is 2.11. The summed E-state index contributed by atoms with van der Waals surface area (Å²) < 4.78 is 1.62. The Labute approximate surface area is 92.4 Å². The minimum atomic E-state index is -0.946. The van der Waals surface area contributed by atoms with Gasteiger partial charge in [0.25, 0.3) is 0 Å². The number of carboxylic acids is 1. The molecule has 2 rings (SSSR count). The molecule has 2 heterocycles. The molecular formula is C11H11N3O2. The summed E-state index contributed by atoms with van der Waals surface area (Å²) in [5.74, 6) is -0.946. The van der Waals surface area contributed by atoms with Crippen LogP contribution in [-0.2, 0) is 6.54 Å². The van der Waals surface area contributed by atoms with Gasteiger partial charge in [-0.2, -0.15) is 5.10 Å². The summed E-state index contributed by atoms with van der Waals surface area (Å²) in [7, 11) is 0. The van der Waals surface area contributed by atoms with Gasteiger partial charge in [-0.05, 0) is 24.6 Å². The Kier molecular flexibility index (Phi) is 2.68. The first-order chi connectivity index (χ1) is 7.66. The van der Waals surface area contributed by atoms with Gasteiger partial charge in [0.05, 0.1) is 12.2 Å². The van der Waals surface area contributed by atoms with Gasteiger partial charge < -0.3 is 5.11 Å². The SMILES string of the molecule is Cc1nn(Cc2ccncc2)cc1C(=O)O. The van der Waals surface area contributed by atoms with Crippen LogP contribution in [0.4, 0.5) is 0 Å². The Morgan fingerprint density at radius 2 is 2.12 bits per heavy atom. The van der Waals surface area contributed by atoms with Crippen molar-refractivity contribution in [3.8, 4) is 0 Å². The molecule has 5 nitrogen and oxygen atoms in total. The molecule has 0 aliphatic heterocycles. The van der Waals surface area contributed by atoms with E-state index in [2.05, 4.69) is 10.1 Å². The second-order valence-corrected chi connectivity index (χ2v) is 3.49. The summed E-state index contributed by atoms with van der Waals surface area (Å²) in [4.78, 5) is 14.7. The van der Waals surface area contributed by atoms with E-state index in [0.29, 0.717) is 12.2 Å². The van der Waals surface area contributed by atoms with Crippen molar-refractivity contribution in [1.82, 2.24) is 14.8 Å². The van der Waals surface area contributed by atoms with E-state index in [-0.39, 0.29) is 5.56 Å². The van der Waals surface area contributed by atoms with Crippen molar-refractivity contribution in [2.45, 2.75) is 13.5 Å². The van der Waals surface area contributed by atoms with Crippen LogP contribution in [0.25, 0.3) is 0 Å². The third-order valence-corrected chi connectivity index (χ3v) is 2.27. The average Bonchev–Trinajstić information content (AvgIpc) is 2.61. The maximum atomic E-state index is 10.8. The van der Waals surface area contributed by atoms with Gasteiger partial charge in [0.2, 0.25) is 0 Å². The molecule has 0 aromatic carbocycles. The van der Waals surface area contributed by atoms with Gasteiger partial charge in [-0.1, -0.05) is 0 Å². The molecule has 0 aliphatic rings. The van der Waals surface area contributed by atoms with E-state index in [1.165, 1.54) is 6.20 Å². The van der Waals surface area contributed by atoms with Gasteiger partial charge in [-0.3, -0.25) is 9.67 Å². The van der Waals surface area contributed by atoms with Crippen LogP contribution in [0, 0.1) is 6.92 Å². The summed E-state index contributed by atoms with van der Waals surface area (Å²) in [6, 6.07) is 3.74.